The van der Waals surface area contributed by atoms with Gasteiger partial charge in [-0.3, -0.25) is 4.68 Å². The number of aryl methyl sites for hydroxylation is 1. The van der Waals surface area contributed by atoms with Crippen molar-refractivity contribution in [3.8, 4) is 28.5 Å². The maximum atomic E-state index is 14.5. The minimum absolute atomic E-state index is 0.00644. The largest absolute Gasteiger partial charge is 0.341 e. The molecule has 0 bridgehead atoms. The smallest absolute Gasteiger partial charge is 0.225 e. The van der Waals surface area contributed by atoms with Crippen LogP contribution in [0.5, 0.6) is 0 Å². The van der Waals surface area contributed by atoms with E-state index in [0.717, 1.165) is 48.1 Å². The van der Waals surface area contributed by atoms with Gasteiger partial charge < -0.3 is 10.6 Å². The molecule has 1 aliphatic rings. The van der Waals surface area contributed by atoms with E-state index in [-0.39, 0.29) is 11.6 Å². The van der Waals surface area contributed by atoms with Crippen LogP contribution in [0.15, 0.2) is 42.9 Å². The molecule has 0 atom stereocenters. The van der Waals surface area contributed by atoms with E-state index in [1.807, 2.05) is 19.2 Å². The van der Waals surface area contributed by atoms with Gasteiger partial charge in [0.05, 0.1) is 17.5 Å². The molecular formula is C23H21FN8. The molecule has 0 aliphatic carbocycles. The normalized spacial score (nSPS) is 14.6. The van der Waals surface area contributed by atoms with Crippen LogP contribution in [0.1, 0.15) is 18.4 Å². The van der Waals surface area contributed by atoms with Gasteiger partial charge in [-0.05, 0) is 31.0 Å². The van der Waals surface area contributed by atoms with Gasteiger partial charge >= 0.3 is 0 Å². The molecule has 1 fully saturated rings. The molecule has 2 N–H and O–H groups in total. The summed E-state index contributed by atoms with van der Waals surface area (Å²) in [7, 11) is 1.84. The lowest BCUT2D eigenvalue weighted by molar-refractivity contribution is 0.495. The van der Waals surface area contributed by atoms with E-state index in [4.69, 9.17) is 16.0 Å². The van der Waals surface area contributed by atoms with E-state index in [0.29, 0.717) is 17.2 Å². The van der Waals surface area contributed by atoms with Crippen LogP contribution in [0, 0.1) is 17.1 Å². The summed E-state index contributed by atoms with van der Waals surface area (Å²) in [6, 6.07) is 8.54. The van der Waals surface area contributed by atoms with Crippen molar-refractivity contribution in [3.63, 3.8) is 0 Å². The van der Waals surface area contributed by atoms with Gasteiger partial charge in [-0.25, -0.2) is 19.3 Å². The molecule has 0 amide bonds. The Morgan fingerprint density at radius 3 is 2.66 bits per heavy atom. The number of nitrogens with zero attached hydrogens (tertiary/aromatic N) is 7. The molecule has 1 aliphatic heterocycles. The molecule has 8 nitrogen and oxygen atoms in total. The van der Waals surface area contributed by atoms with E-state index in [9.17, 15) is 4.39 Å². The quantitative estimate of drug-likeness (QED) is 0.534. The SMILES string of the molecule is Cn1ncc2cc(-c3cnc(N4CCC(N)CC4)nc3-c3ccc(C#N)c(F)c3)cnc21. The average Bonchev–Trinajstić information content (AvgIpc) is 3.19. The second-order valence-corrected chi connectivity index (χ2v) is 7.97. The first kappa shape index (κ1) is 20.0. The van der Waals surface area contributed by atoms with Crippen LogP contribution in [0.3, 0.4) is 0 Å². The Balaban J connectivity index is 1.65. The summed E-state index contributed by atoms with van der Waals surface area (Å²) >= 11 is 0. The molecule has 1 saturated heterocycles. The monoisotopic (exact) mass is 428 g/mol. The van der Waals surface area contributed by atoms with Crippen molar-refractivity contribution in [3.05, 3.63) is 54.2 Å². The Hall–Kier alpha value is -3.90. The van der Waals surface area contributed by atoms with Crippen molar-refractivity contribution in [1.29, 1.82) is 5.26 Å². The molecule has 9 heteroatoms. The number of hydrogen-bond acceptors (Lipinski definition) is 7. The van der Waals surface area contributed by atoms with Gasteiger partial charge in [0.15, 0.2) is 5.65 Å². The van der Waals surface area contributed by atoms with Crippen molar-refractivity contribution in [1.82, 2.24) is 24.7 Å². The number of piperidine rings is 1. The molecule has 0 spiro atoms. The molecule has 3 aromatic heterocycles. The first-order valence-corrected chi connectivity index (χ1v) is 10.4. The summed E-state index contributed by atoms with van der Waals surface area (Å²) < 4.78 is 16.2. The zero-order valence-electron chi connectivity index (χ0n) is 17.5. The Morgan fingerprint density at radius 2 is 1.91 bits per heavy atom. The van der Waals surface area contributed by atoms with Crippen LogP contribution in [-0.4, -0.2) is 43.9 Å². The highest BCUT2D eigenvalue weighted by Crippen LogP contribution is 2.33. The lowest BCUT2D eigenvalue weighted by atomic mass is 10.0. The second kappa shape index (κ2) is 7.98. The highest BCUT2D eigenvalue weighted by atomic mass is 19.1. The zero-order valence-corrected chi connectivity index (χ0v) is 17.5. The van der Waals surface area contributed by atoms with Gasteiger partial charge in [-0.15, -0.1) is 0 Å². The average molecular weight is 428 g/mol. The molecule has 5 rings (SSSR count). The number of fused-ring (bicyclic) bond motifs is 1. The third-order valence-electron chi connectivity index (χ3n) is 5.84. The number of anilines is 1. The van der Waals surface area contributed by atoms with E-state index in [1.54, 1.807) is 29.3 Å². The summed E-state index contributed by atoms with van der Waals surface area (Å²) in [5, 5.41) is 14.2. The van der Waals surface area contributed by atoms with Crippen LogP contribution in [0.2, 0.25) is 0 Å². The summed E-state index contributed by atoms with van der Waals surface area (Å²) in [5.41, 5.74) is 9.48. The highest BCUT2D eigenvalue weighted by molar-refractivity contribution is 5.86. The topological polar surface area (TPSA) is 110 Å². The Morgan fingerprint density at radius 1 is 1.09 bits per heavy atom. The maximum absolute atomic E-state index is 14.5. The number of pyridine rings is 1. The summed E-state index contributed by atoms with van der Waals surface area (Å²) in [5.74, 6) is -0.00303. The fraction of sp³-hybridized carbons (Fsp3) is 0.261. The Kier molecular flexibility index (Phi) is 4.99. The number of hydrogen-bond donors (Lipinski definition) is 1. The van der Waals surface area contributed by atoms with Crippen molar-refractivity contribution < 1.29 is 4.39 Å². The number of halogens is 1. The van der Waals surface area contributed by atoms with Crippen LogP contribution in [0.25, 0.3) is 33.4 Å². The second-order valence-electron chi connectivity index (χ2n) is 7.97. The van der Waals surface area contributed by atoms with Gasteiger partial charge in [0.2, 0.25) is 5.95 Å². The van der Waals surface area contributed by atoms with Crippen LogP contribution < -0.4 is 10.6 Å². The van der Waals surface area contributed by atoms with Gasteiger partial charge in [-0.1, -0.05) is 6.07 Å². The first-order chi connectivity index (χ1) is 15.5. The predicted octanol–water partition coefficient (Wildman–Crippen LogP) is 3.03. The molecule has 1 aromatic carbocycles. The van der Waals surface area contributed by atoms with Crippen LogP contribution >= 0.6 is 0 Å². The molecule has 0 unspecified atom stereocenters. The third-order valence-corrected chi connectivity index (χ3v) is 5.84. The van der Waals surface area contributed by atoms with Crippen LogP contribution in [0.4, 0.5) is 10.3 Å². The van der Waals surface area contributed by atoms with E-state index in [2.05, 4.69) is 20.0 Å². The fourth-order valence-electron chi connectivity index (χ4n) is 4.00. The molecule has 0 saturated carbocycles. The van der Waals surface area contributed by atoms with Crippen molar-refractivity contribution in [2.75, 3.05) is 18.0 Å². The number of rotatable bonds is 3. The summed E-state index contributed by atoms with van der Waals surface area (Å²) in [4.78, 5) is 16.1. The standard InChI is InChI=1S/C23H21FN8/c1-31-22-17(12-29-31)8-16(11-27-22)19-13-28-23(32-6-4-18(26)5-7-32)30-21(19)14-2-3-15(10-25)20(24)9-14/h2-3,8-9,11-13,18H,4-7,26H2,1H3. The summed E-state index contributed by atoms with van der Waals surface area (Å²) in [6.45, 7) is 1.54. The Labute approximate surface area is 184 Å². The molecule has 0 radical (unpaired) electrons. The molecule has 160 valence electrons. The lowest BCUT2D eigenvalue weighted by Gasteiger charge is -2.30. The van der Waals surface area contributed by atoms with E-state index < -0.39 is 5.82 Å². The maximum Gasteiger partial charge on any atom is 0.225 e. The van der Waals surface area contributed by atoms with E-state index in [1.165, 1.54) is 12.1 Å². The van der Waals surface area contributed by atoms with Crippen molar-refractivity contribution in [2.45, 2.75) is 18.9 Å². The lowest BCUT2D eigenvalue weighted by Crippen LogP contribution is -2.40. The van der Waals surface area contributed by atoms with Gasteiger partial charge in [0.1, 0.15) is 11.9 Å². The van der Waals surface area contributed by atoms with Crippen molar-refractivity contribution in [2.24, 2.45) is 12.8 Å². The number of benzene rings is 1. The van der Waals surface area contributed by atoms with Gasteiger partial charge in [0, 0.05) is 60.6 Å². The zero-order chi connectivity index (χ0) is 22.2. The van der Waals surface area contributed by atoms with Crippen LogP contribution in [-0.2, 0) is 7.05 Å². The molecule has 4 heterocycles. The molecule has 4 aromatic rings. The number of nitriles is 1. The molecular weight excluding hydrogens is 407 g/mol. The minimum atomic E-state index is -0.583. The number of aromatic nitrogens is 5. The van der Waals surface area contributed by atoms with Crippen molar-refractivity contribution >= 4 is 17.0 Å². The third kappa shape index (κ3) is 3.55. The highest BCUT2D eigenvalue weighted by Gasteiger charge is 2.21. The fourth-order valence-corrected chi connectivity index (χ4v) is 4.00. The number of nitrogens with two attached hydrogens (primary N) is 1. The first-order valence-electron chi connectivity index (χ1n) is 10.4. The van der Waals surface area contributed by atoms with Gasteiger partial charge in [0.25, 0.3) is 0 Å². The Bertz CT molecular complexity index is 1350. The molecule has 32 heavy (non-hydrogen) atoms. The summed E-state index contributed by atoms with van der Waals surface area (Å²) in [6.07, 6.45) is 6.98. The predicted molar refractivity (Wildman–Crippen MR) is 119 cm³/mol. The van der Waals surface area contributed by atoms with Gasteiger partial charge in [-0.2, -0.15) is 10.4 Å². The van der Waals surface area contributed by atoms with E-state index >= 15 is 0 Å². The minimum Gasteiger partial charge on any atom is -0.341 e.